The Bertz CT molecular complexity index is 374. The zero-order valence-electron chi connectivity index (χ0n) is 7.35. The maximum atomic E-state index is 11.7. The molecule has 0 aliphatic carbocycles. The van der Waals surface area contributed by atoms with Gasteiger partial charge in [0, 0.05) is 0 Å². The van der Waals surface area contributed by atoms with Crippen LogP contribution in [0.4, 0.5) is 13.2 Å². The van der Waals surface area contributed by atoms with Crippen LogP contribution in [0.2, 0.25) is 10.0 Å². The summed E-state index contributed by atoms with van der Waals surface area (Å²) >= 11 is 11.3. The van der Waals surface area contributed by atoms with E-state index in [0.29, 0.717) is 15.6 Å². The number of aliphatic imine (C=N–C) groups is 1. The predicted octanol–water partition coefficient (Wildman–Crippen LogP) is 4.13. The molecule has 0 aromatic heterocycles. The number of halogens is 5. The van der Waals surface area contributed by atoms with Crippen LogP contribution in [0.1, 0.15) is 5.56 Å². The van der Waals surface area contributed by atoms with Gasteiger partial charge in [-0.15, -0.1) is 0 Å². The summed E-state index contributed by atoms with van der Waals surface area (Å²) in [5, 5.41) is 0.664. The summed E-state index contributed by atoms with van der Waals surface area (Å²) in [7, 11) is 0. The molecule has 1 rings (SSSR count). The highest BCUT2D eigenvalue weighted by Crippen LogP contribution is 2.23. The van der Waals surface area contributed by atoms with E-state index in [1.807, 2.05) is 0 Å². The van der Waals surface area contributed by atoms with Gasteiger partial charge in [-0.25, -0.2) is 0 Å². The molecule has 0 heterocycles. The second-order valence-corrected chi connectivity index (χ2v) is 3.57. The Balaban J connectivity index is 2.66. The molecule has 0 radical (unpaired) electrons. The zero-order chi connectivity index (χ0) is 11.5. The molecule has 6 heteroatoms. The zero-order valence-corrected chi connectivity index (χ0v) is 8.87. The van der Waals surface area contributed by atoms with E-state index in [1.165, 1.54) is 12.1 Å². The predicted molar refractivity (Wildman–Crippen MR) is 54.7 cm³/mol. The van der Waals surface area contributed by atoms with Crippen molar-refractivity contribution in [2.75, 3.05) is 0 Å². The van der Waals surface area contributed by atoms with Crippen LogP contribution in [0.25, 0.3) is 0 Å². The summed E-state index contributed by atoms with van der Waals surface area (Å²) in [6, 6.07) is 4.57. The number of hydrogen-bond acceptors (Lipinski definition) is 1. The molecule has 15 heavy (non-hydrogen) atoms. The van der Waals surface area contributed by atoms with Gasteiger partial charge in [0.15, 0.2) is 0 Å². The van der Waals surface area contributed by atoms with Crippen molar-refractivity contribution in [3.8, 4) is 0 Å². The number of rotatable bonds is 2. The number of benzene rings is 1. The van der Waals surface area contributed by atoms with E-state index in [-0.39, 0.29) is 12.8 Å². The lowest BCUT2D eigenvalue weighted by Gasteiger charge is -2.00. The highest BCUT2D eigenvalue weighted by Gasteiger charge is 2.23. The second-order valence-electron chi connectivity index (χ2n) is 2.76. The van der Waals surface area contributed by atoms with Gasteiger partial charge < -0.3 is 0 Å². The molecule has 0 bridgehead atoms. The molecule has 0 amide bonds. The van der Waals surface area contributed by atoms with Crippen LogP contribution in [0.15, 0.2) is 23.2 Å². The van der Waals surface area contributed by atoms with Gasteiger partial charge in [-0.2, -0.15) is 13.2 Å². The van der Waals surface area contributed by atoms with Crippen molar-refractivity contribution < 1.29 is 13.2 Å². The van der Waals surface area contributed by atoms with Crippen molar-refractivity contribution in [3.63, 3.8) is 0 Å². The average Bonchev–Trinajstić information content (AvgIpc) is 2.09. The normalized spacial score (nSPS) is 12.3. The maximum absolute atomic E-state index is 11.7. The summed E-state index contributed by atoms with van der Waals surface area (Å²) < 4.78 is 35.1. The standard InChI is InChI=1S/C9H6Cl2F3N/c10-7-2-1-6(3-8(7)11)4-15-5-9(12,13)14/h1-3,5H,4H2. The highest BCUT2D eigenvalue weighted by molar-refractivity contribution is 6.42. The SMILES string of the molecule is FC(F)(F)C=NCc1ccc(Cl)c(Cl)c1. The lowest BCUT2D eigenvalue weighted by atomic mass is 10.2. The topological polar surface area (TPSA) is 12.4 Å². The van der Waals surface area contributed by atoms with E-state index in [4.69, 9.17) is 23.2 Å². The molecule has 0 N–H and O–H groups in total. The summed E-state index contributed by atoms with van der Waals surface area (Å²) in [5.74, 6) is 0. The van der Waals surface area contributed by atoms with Crippen molar-refractivity contribution in [2.24, 2.45) is 4.99 Å². The third-order valence-corrected chi connectivity index (χ3v) is 2.23. The molecule has 0 saturated carbocycles. The van der Waals surface area contributed by atoms with Gasteiger partial charge in [-0.1, -0.05) is 29.3 Å². The number of hydrogen-bond donors (Lipinski definition) is 0. The fraction of sp³-hybridized carbons (Fsp3) is 0.222. The van der Waals surface area contributed by atoms with Crippen molar-refractivity contribution in [1.29, 1.82) is 0 Å². The van der Waals surface area contributed by atoms with Crippen LogP contribution in [0.3, 0.4) is 0 Å². The lowest BCUT2D eigenvalue weighted by Crippen LogP contribution is -2.08. The van der Waals surface area contributed by atoms with E-state index in [1.54, 1.807) is 6.07 Å². The quantitative estimate of drug-likeness (QED) is 0.705. The van der Waals surface area contributed by atoms with Crippen molar-refractivity contribution >= 4 is 29.4 Å². The smallest absolute Gasteiger partial charge is 0.283 e. The van der Waals surface area contributed by atoms with E-state index in [2.05, 4.69) is 4.99 Å². The van der Waals surface area contributed by atoms with E-state index in [9.17, 15) is 13.2 Å². The van der Waals surface area contributed by atoms with Crippen LogP contribution >= 0.6 is 23.2 Å². The third kappa shape index (κ3) is 4.53. The maximum Gasteiger partial charge on any atom is 0.426 e. The molecule has 0 atom stereocenters. The first-order valence-corrected chi connectivity index (χ1v) is 4.66. The van der Waals surface area contributed by atoms with E-state index < -0.39 is 6.18 Å². The Kier molecular flexibility index (Phi) is 3.99. The van der Waals surface area contributed by atoms with E-state index >= 15 is 0 Å². The van der Waals surface area contributed by atoms with Gasteiger partial charge in [0.25, 0.3) is 0 Å². The Morgan fingerprint density at radius 1 is 1.20 bits per heavy atom. The van der Waals surface area contributed by atoms with E-state index in [0.717, 1.165) is 0 Å². The van der Waals surface area contributed by atoms with Crippen molar-refractivity contribution in [1.82, 2.24) is 0 Å². The van der Waals surface area contributed by atoms with Gasteiger partial charge in [-0.3, -0.25) is 4.99 Å². The minimum atomic E-state index is -4.38. The molecule has 0 spiro atoms. The molecule has 0 unspecified atom stereocenters. The van der Waals surface area contributed by atoms with Crippen LogP contribution in [0, 0.1) is 0 Å². The Labute approximate surface area is 94.5 Å². The van der Waals surface area contributed by atoms with Gasteiger partial charge >= 0.3 is 6.18 Å². The molecule has 1 aromatic rings. The highest BCUT2D eigenvalue weighted by atomic mass is 35.5. The van der Waals surface area contributed by atoms with Gasteiger partial charge in [0.05, 0.1) is 16.6 Å². The monoisotopic (exact) mass is 255 g/mol. The summed E-state index contributed by atoms with van der Waals surface area (Å²) in [4.78, 5) is 3.23. The molecule has 1 aromatic carbocycles. The third-order valence-electron chi connectivity index (χ3n) is 1.50. The van der Waals surface area contributed by atoms with Crippen LogP contribution in [-0.4, -0.2) is 12.4 Å². The van der Waals surface area contributed by atoms with Gasteiger partial charge in [0.1, 0.15) is 6.21 Å². The Morgan fingerprint density at radius 3 is 2.40 bits per heavy atom. The number of nitrogens with zero attached hydrogens (tertiary/aromatic N) is 1. The first-order valence-electron chi connectivity index (χ1n) is 3.90. The first kappa shape index (κ1) is 12.3. The van der Waals surface area contributed by atoms with Crippen molar-refractivity contribution in [3.05, 3.63) is 33.8 Å². The molecule has 1 nitrogen and oxygen atoms in total. The van der Waals surface area contributed by atoms with Gasteiger partial charge in [0.2, 0.25) is 0 Å². The summed E-state index contributed by atoms with van der Waals surface area (Å²) in [6.45, 7) is -0.0730. The molecular weight excluding hydrogens is 250 g/mol. The second kappa shape index (κ2) is 4.86. The fourth-order valence-corrected chi connectivity index (χ4v) is 1.21. The van der Waals surface area contributed by atoms with Crippen LogP contribution < -0.4 is 0 Å². The molecule has 0 saturated heterocycles. The minimum absolute atomic E-state index is 0.0461. The van der Waals surface area contributed by atoms with Crippen LogP contribution in [-0.2, 0) is 6.54 Å². The minimum Gasteiger partial charge on any atom is -0.283 e. The molecule has 0 aliphatic rings. The average molecular weight is 256 g/mol. The molecule has 0 aliphatic heterocycles. The largest absolute Gasteiger partial charge is 0.426 e. The van der Waals surface area contributed by atoms with Crippen molar-refractivity contribution in [2.45, 2.75) is 12.7 Å². The first-order chi connectivity index (χ1) is 6.88. The summed E-state index contributed by atoms with van der Waals surface area (Å²) in [5.41, 5.74) is 0.574. The van der Waals surface area contributed by atoms with Crippen LogP contribution in [0.5, 0.6) is 0 Å². The molecule has 82 valence electrons. The summed E-state index contributed by atoms with van der Waals surface area (Å²) in [6.07, 6.45) is -4.42. The Hall–Kier alpha value is -0.740. The van der Waals surface area contributed by atoms with Gasteiger partial charge in [-0.05, 0) is 17.7 Å². The lowest BCUT2D eigenvalue weighted by molar-refractivity contribution is -0.0537. The Morgan fingerprint density at radius 2 is 1.87 bits per heavy atom. The fourth-order valence-electron chi connectivity index (χ4n) is 0.893. The number of alkyl halides is 3. The molecular formula is C9H6Cl2F3N. The molecule has 0 fully saturated rings.